The van der Waals surface area contributed by atoms with Crippen LogP contribution in [0, 0.1) is 0 Å². The van der Waals surface area contributed by atoms with Gasteiger partial charge in [-0.1, -0.05) is 18.2 Å². The first-order valence-electron chi connectivity index (χ1n) is 8.03. The minimum Gasteiger partial charge on any atom is -0.382 e. The molecule has 1 heterocycles. The smallest absolute Gasteiger partial charge is 0.253 e. The van der Waals surface area contributed by atoms with E-state index in [0.717, 1.165) is 38.5 Å². The van der Waals surface area contributed by atoms with E-state index < -0.39 is 0 Å². The van der Waals surface area contributed by atoms with Crippen molar-refractivity contribution in [2.45, 2.75) is 0 Å². The molecule has 1 aromatic rings. The molecule has 1 saturated heterocycles. The molecule has 0 aliphatic carbocycles. The van der Waals surface area contributed by atoms with Gasteiger partial charge in [0.2, 0.25) is 0 Å². The number of benzene rings is 1. The lowest BCUT2D eigenvalue weighted by Gasteiger charge is -2.30. The molecule has 6 nitrogen and oxygen atoms in total. The van der Waals surface area contributed by atoms with E-state index in [1.807, 2.05) is 30.3 Å². The number of nitrogens with zero attached hydrogens (tertiary/aromatic N) is 2. The fraction of sp³-hybridized carbons (Fsp3) is 0.588. The molecular formula is C17H26N2O4. The van der Waals surface area contributed by atoms with Crippen LogP contribution in [0.25, 0.3) is 0 Å². The third-order valence-electron chi connectivity index (χ3n) is 3.77. The molecule has 1 fully saturated rings. The van der Waals surface area contributed by atoms with Crippen molar-refractivity contribution in [3.8, 4) is 0 Å². The summed E-state index contributed by atoms with van der Waals surface area (Å²) in [5.74, 6) is -0.0273. The third-order valence-corrected chi connectivity index (χ3v) is 3.77. The summed E-state index contributed by atoms with van der Waals surface area (Å²) in [5.41, 5.74) is 0.904. The highest BCUT2D eigenvalue weighted by atomic mass is 16.5. The summed E-state index contributed by atoms with van der Waals surface area (Å²) in [6.45, 7) is 5.84. The molecule has 0 radical (unpaired) electrons. The first-order valence-corrected chi connectivity index (χ1v) is 8.03. The lowest BCUT2D eigenvalue weighted by atomic mass is 10.2. The van der Waals surface area contributed by atoms with Crippen molar-refractivity contribution < 1.29 is 19.0 Å². The van der Waals surface area contributed by atoms with Gasteiger partial charge in [0.05, 0.1) is 26.4 Å². The fourth-order valence-electron chi connectivity index (χ4n) is 2.45. The predicted octanol–water partition coefficient (Wildman–Crippen LogP) is 1.01. The van der Waals surface area contributed by atoms with Gasteiger partial charge in [0.15, 0.2) is 0 Å². The Morgan fingerprint density at radius 2 is 1.96 bits per heavy atom. The van der Waals surface area contributed by atoms with Crippen molar-refractivity contribution in [2.75, 3.05) is 71.2 Å². The van der Waals surface area contributed by atoms with Crippen LogP contribution in [0.2, 0.25) is 0 Å². The monoisotopic (exact) mass is 322 g/mol. The number of methoxy groups -OCH3 is 1. The lowest BCUT2D eigenvalue weighted by Crippen LogP contribution is -2.44. The van der Waals surface area contributed by atoms with Crippen molar-refractivity contribution in [3.63, 3.8) is 0 Å². The quantitative estimate of drug-likeness (QED) is 0.635. The summed E-state index contributed by atoms with van der Waals surface area (Å²) in [6, 6.07) is 9.73. The van der Waals surface area contributed by atoms with E-state index in [9.17, 15) is 4.79 Å². The van der Waals surface area contributed by atoms with Crippen LogP contribution in [0.4, 0.5) is 5.69 Å². The fourth-order valence-corrected chi connectivity index (χ4v) is 2.45. The highest BCUT2D eigenvalue weighted by molar-refractivity contribution is 5.94. The zero-order chi connectivity index (χ0) is 16.3. The zero-order valence-electron chi connectivity index (χ0n) is 13.8. The van der Waals surface area contributed by atoms with Crippen LogP contribution in [-0.2, 0) is 19.0 Å². The van der Waals surface area contributed by atoms with Crippen molar-refractivity contribution in [1.29, 1.82) is 0 Å². The van der Waals surface area contributed by atoms with Gasteiger partial charge in [-0.25, -0.2) is 0 Å². The van der Waals surface area contributed by atoms with E-state index in [0.29, 0.717) is 19.8 Å². The number of morpholine rings is 1. The lowest BCUT2D eigenvalue weighted by molar-refractivity contribution is -0.123. The molecule has 6 heteroatoms. The number of amides is 1. The molecule has 0 spiro atoms. The first kappa shape index (κ1) is 17.9. The van der Waals surface area contributed by atoms with Gasteiger partial charge in [0.1, 0.15) is 6.61 Å². The van der Waals surface area contributed by atoms with Crippen molar-refractivity contribution in [1.82, 2.24) is 4.90 Å². The first-order chi connectivity index (χ1) is 11.3. The van der Waals surface area contributed by atoms with Gasteiger partial charge in [-0.15, -0.1) is 0 Å². The van der Waals surface area contributed by atoms with E-state index in [-0.39, 0.29) is 12.5 Å². The highest BCUT2D eigenvalue weighted by Gasteiger charge is 2.18. The average molecular weight is 322 g/mol. The maximum atomic E-state index is 12.5. The Hall–Kier alpha value is -1.47. The van der Waals surface area contributed by atoms with Crippen LogP contribution in [0.15, 0.2) is 30.3 Å². The Morgan fingerprint density at radius 3 is 2.65 bits per heavy atom. The van der Waals surface area contributed by atoms with Crippen molar-refractivity contribution in [2.24, 2.45) is 0 Å². The van der Waals surface area contributed by atoms with Gasteiger partial charge in [-0.2, -0.15) is 0 Å². The normalized spacial score (nSPS) is 15.5. The maximum absolute atomic E-state index is 12.5. The Kier molecular flexibility index (Phi) is 8.03. The molecule has 0 atom stereocenters. The Bertz CT molecular complexity index is 449. The number of rotatable bonds is 9. The second-order valence-electron chi connectivity index (χ2n) is 5.38. The standard InChI is InChI=1S/C17H26N2O4/c1-21-13-14-23-15-17(20)19(16-5-3-2-4-6-16)8-7-18-9-11-22-12-10-18/h2-6H,7-15H2,1H3. The summed E-state index contributed by atoms with van der Waals surface area (Å²) in [6.07, 6.45) is 0. The number of anilines is 1. The molecule has 1 aliphatic rings. The number of carbonyl (C=O) groups excluding carboxylic acids is 1. The van der Waals surface area contributed by atoms with Crippen LogP contribution in [0.1, 0.15) is 0 Å². The summed E-state index contributed by atoms with van der Waals surface area (Å²) in [4.78, 5) is 16.6. The molecule has 1 amide bonds. The zero-order valence-corrected chi connectivity index (χ0v) is 13.8. The van der Waals surface area contributed by atoms with Crippen LogP contribution in [-0.4, -0.2) is 77.1 Å². The molecule has 0 aromatic heterocycles. The molecule has 128 valence electrons. The SMILES string of the molecule is COCCOCC(=O)N(CCN1CCOCC1)c1ccccc1. The van der Waals surface area contributed by atoms with E-state index in [2.05, 4.69) is 4.90 Å². The second-order valence-corrected chi connectivity index (χ2v) is 5.38. The van der Waals surface area contributed by atoms with Gasteiger partial charge in [0, 0.05) is 39.0 Å². The second kappa shape index (κ2) is 10.3. The van der Waals surface area contributed by atoms with Crippen LogP contribution in [0.5, 0.6) is 0 Å². The van der Waals surface area contributed by atoms with Crippen LogP contribution >= 0.6 is 0 Å². The summed E-state index contributed by atoms with van der Waals surface area (Å²) in [5, 5.41) is 0. The van der Waals surface area contributed by atoms with Crippen molar-refractivity contribution in [3.05, 3.63) is 30.3 Å². The molecule has 1 aliphatic heterocycles. The van der Waals surface area contributed by atoms with Gasteiger partial charge in [0.25, 0.3) is 5.91 Å². The summed E-state index contributed by atoms with van der Waals surface area (Å²) < 4.78 is 15.7. The van der Waals surface area contributed by atoms with E-state index >= 15 is 0 Å². The minimum atomic E-state index is -0.0273. The molecule has 0 bridgehead atoms. The van der Waals surface area contributed by atoms with Gasteiger partial charge >= 0.3 is 0 Å². The van der Waals surface area contributed by atoms with E-state index in [4.69, 9.17) is 14.2 Å². The van der Waals surface area contributed by atoms with Crippen LogP contribution in [0.3, 0.4) is 0 Å². The van der Waals surface area contributed by atoms with E-state index in [1.54, 1.807) is 12.0 Å². The molecule has 1 aromatic carbocycles. The Balaban J connectivity index is 1.90. The van der Waals surface area contributed by atoms with E-state index in [1.165, 1.54) is 0 Å². The minimum absolute atomic E-state index is 0.0273. The predicted molar refractivity (Wildman–Crippen MR) is 88.7 cm³/mol. The number of carbonyl (C=O) groups is 1. The van der Waals surface area contributed by atoms with Gasteiger partial charge in [-0.3, -0.25) is 9.69 Å². The molecule has 23 heavy (non-hydrogen) atoms. The average Bonchev–Trinajstić information content (AvgIpc) is 2.61. The van der Waals surface area contributed by atoms with Crippen molar-refractivity contribution >= 4 is 11.6 Å². The number of hydrogen-bond acceptors (Lipinski definition) is 5. The molecule has 0 unspecified atom stereocenters. The van der Waals surface area contributed by atoms with Gasteiger partial charge in [-0.05, 0) is 12.1 Å². The number of ether oxygens (including phenoxy) is 3. The molecule has 0 saturated carbocycles. The Morgan fingerprint density at radius 1 is 1.22 bits per heavy atom. The van der Waals surface area contributed by atoms with Gasteiger partial charge < -0.3 is 19.1 Å². The summed E-state index contributed by atoms with van der Waals surface area (Å²) in [7, 11) is 1.61. The third kappa shape index (κ3) is 6.27. The maximum Gasteiger partial charge on any atom is 0.253 e. The van der Waals surface area contributed by atoms with Crippen LogP contribution < -0.4 is 4.90 Å². The molecular weight excluding hydrogens is 296 g/mol. The highest BCUT2D eigenvalue weighted by Crippen LogP contribution is 2.14. The number of hydrogen-bond donors (Lipinski definition) is 0. The molecule has 0 N–H and O–H groups in total. The number of para-hydroxylation sites is 1. The topological polar surface area (TPSA) is 51.2 Å². The largest absolute Gasteiger partial charge is 0.382 e. The Labute approximate surface area is 137 Å². The molecule has 2 rings (SSSR count). The summed E-state index contributed by atoms with van der Waals surface area (Å²) >= 11 is 0.